The van der Waals surface area contributed by atoms with E-state index < -0.39 is 0 Å². The zero-order valence-corrected chi connectivity index (χ0v) is 17.1. The van der Waals surface area contributed by atoms with Crippen LogP contribution in [0.25, 0.3) is 21.3 Å². The average molecular weight is 415 g/mol. The standard InChI is InChI=1S/C21H17N7OS/c1-27-18-16(19-20(27)26-17(30-19)5-12-6-23-24-7-12)10-25-28(21(18)29)11-14-4-2-3-13-8-22-9-15(13)14/h2-4,6,9-10H,5,7-8,11H2,1H3. The lowest BCUT2D eigenvalue weighted by atomic mass is 10.0. The van der Waals surface area contributed by atoms with Gasteiger partial charge in [0.15, 0.2) is 5.65 Å². The topological polar surface area (TPSA) is 89.8 Å². The van der Waals surface area contributed by atoms with Crippen LogP contribution >= 0.6 is 11.3 Å². The first kappa shape index (κ1) is 17.4. The summed E-state index contributed by atoms with van der Waals surface area (Å²) in [6, 6.07) is 6.11. The maximum atomic E-state index is 13.3. The molecule has 30 heavy (non-hydrogen) atoms. The van der Waals surface area contributed by atoms with Gasteiger partial charge in [-0.2, -0.15) is 15.3 Å². The number of aromatic nitrogens is 4. The summed E-state index contributed by atoms with van der Waals surface area (Å²) >= 11 is 1.61. The highest BCUT2D eigenvalue weighted by molar-refractivity contribution is 7.19. The van der Waals surface area contributed by atoms with Crippen molar-refractivity contribution in [1.82, 2.24) is 19.3 Å². The number of benzene rings is 1. The maximum absolute atomic E-state index is 13.3. The number of azo groups is 1. The van der Waals surface area contributed by atoms with Crippen LogP contribution in [0.1, 0.15) is 21.7 Å². The van der Waals surface area contributed by atoms with Crippen LogP contribution in [0.15, 0.2) is 56.2 Å². The molecule has 6 rings (SSSR count). The summed E-state index contributed by atoms with van der Waals surface area (Å²) in [4.78, 5) is 22.4. The highest BCUT2D eigenvalue weighted by atomic mass is 32.1. The number of rotatable bonds is 4. The molecule has 3 aromatic heterocycles. The Kier molecular flexibility index (Phi) is 3.79. The Labute approximate surface area is 174 Å². The molecule has 5 heterocycles. The quantitative estimate of drug-likeness (QED) is 0.512. The third-order valence-electron chi connectivity index (χ3n) is 5.63. The van der Waals surface area contributed by atoms with Crippen LogP contribution in [-0.4, -0.2) is 32.1 Å². The van der Waals surface area contributed by atoms with E-state index in [4.69, 9.17) is 4.98 Å². The second kappa shape index (κ2) is 6.53. The Hall–Kier alpha value is -3.46. The molecule has 0 saturated carbocycles. The minimum absolute atomic E-state index is 0.106. The van der Waals surface area contributed by atoms with E-state index in [9.17, 15) is 4.79 Å². The van der Waals surface area contributed by atoms with Crippen molar-refractivity contribution in [2.45, 2.75) is 19.5 Å². The SMILES string of the molecule is Cn1c2nc(CC3=CN=NC3)sc2c2cnn(Cc3cccc4c3C=NC4)c(=O)c21. The lowest BCUT2D eigenvalue weighted by molar-refractivity contribution is 0.643. The Bertz CT molecular complexity index is 1480. The monoisotopic (exact) mass is 415 g/mol. The molecule has 0 spiro atoms. The lowest BCUT2D eigenvalue weighted by Crippen LogP contribution is -2.25. The predicted molar refractivity (Wildman–Crippen MR) is 117 cm³/mol. The molecule has 0 atom stereocenters. The Morgan fingerprint density at radius 2 is 2.17 bits per heavy atom. The first-order chi connectivity index (χ1) is 14.7. The number of thiazole rings is 1. The molecule has 0 aliphatic carbocycles. The molecule has 9 heteroatoms. The lowest BCUT2D eigenvalue weighted by Gasteiger charge is -2.09. The van der Waals surface area contributed by atoms with Crippen molar-refractivity contribution in [3.8, 4) is 0 Å². The van der Waals surface area contributed by atoms with E-state index in [1.165, 1.54) is 10.2 Å². The van der Waals surface area contributed by atoms with Gasteiger partial charge < -0.3 is 4.57 Å². The molecule has 8 nitrogen and oxygen atoms in total. The van der Waals surface area contributed by atoms with E-state index in [-0.39, 0.29) is 5.56 Å². The predicted octanol–water partition coefficient (Wildman–Crippen LogP) is 3.22. The van der Waals surface area contributed by atoms with Crippen LogP contribution < -0.4 is 5.56 Å². The molecule has 0 radical (unpaired) electrons. The molecule has 0 bridgehead atoms. The van der Waals surface area contributed by atoms with Crippen LogP contribution in [0.3, 0.4) is 0 Å². The molecule has 2 aliphatic heterocycles. The van der Waals surface area contributed by atoms with Crippen molar-refractivity contribution in [3.05, 3.63) is 68.2 Å². The summed E-state index contributed by atoms with van der Waals surface area (Å²) in [7, 11) is 1.90. The Morgan fingerprint density at radius 1 is 1.23 bits per heavy atom. The zero-order chi connectivity index (χ0) is 20.2. The van der Waals surface area contributed by atoms with Crippen LogP contribution in [0.5, 0.6) is 0 Å². The molecule has 0 unspecified atom stereocenters. The van der Waals surface area contributed by atoms with Gasteiger partial charge in [0.1, 0.15) is 5.52 Å². The summed E-state index contributed by atoms with van der Waals surface area (Å²) in [5, 5.41) is 14.2. The smallest absolute Gasteiger partial charge is 0.291 e. The zero-order valence-electron chi connectivity index (χ0n) is 16.2. The van der Waals surface area contributed by atoms with Gasteiger partial charge in [0.2, 0.25) is 0 Å². The fraction of sp³-hybridized carbons (Fsp3) is 0.238. The van der Waals surface area contributed by atoms with Crippen molar-refractivity contribution >= 4 is 38.8 Å². The summed E-state index contributed by atoms with van der Waals surface area (Å²) < 4.78 is 4.42. The van der Waals surface area contributed by atoms with Crippen molar-refractivity contribution in [2.24, 2.45) is 22.3 Å². The third-order valence-corrected chi connectivity index (χ3v) is 6.71. The van der Waals surface area contributed by atoms with Crippen molar-refractivity contribution in [2.75, 3.05) is 6.54 Å². The number of hydrogen-bond donors (Lipinski definition) is 0. The summed E-state index contributed by atoms with van der Waals surface area (Å²) in [6.07, 6.45) is 6.21. The van der Waals surface area contributed by atoms with E-state index in [1.807, 2.05) is 30.0 Å². The summed E-state index contributed by atoms with van der Waals surface area (Å²) in [6.45, 7) is 1.76. The molecule has 0 saturated heterocycles. The fourth-order valence-corrected chi connectivity index (χ4v) is 5.27. The molecule has 0 N–H and O–H groups in total. The van der Waals surface area contributed by atoms with E-state index in [1.54, 1.807) is 23.7 Å². The van der Waals surface area contributed by atoms with Crippen molar-refractivity contribution < 1.29 is 0 Å². The van der Waals surface area contributed by atoms with E-state index in [0.29, 0.717) is 25.2 Å². The van der Waals surface area contributed by atoms with E-state index >= 15 is 0 Å². The molecule has 1 aromatic carbocycles. The molecular weight excluding hydrogens is 398 g/mol. The third kappa shape index (κ3) is 2.58. The van der Waals surface area contributed by atoms with Gasteiger partial charge in [-0.15, -0.1) is 11.3 Å². The first-order valence-corrected chi connectivity index (χ1v) is 10.5. The second-order valence-corrected chi connectivity index (χ2v) is 8.61. The molecule has 0 fully saturated rings. The van der Waals surface area contributed by atoms with Gasteiger partial charge in [-0.25, -0.2) is 9.67 Å². The molecule has 2 aliphatic rings. The van der Waals surface area contributed by atoms with Gasteiger partial charge >= 0.3 is 0 Å². The van der Waals surface area contributed by atoms with Crippen LogP contribution in [0.4, 0.5) is 0 Å². The molecule has 4 aromatic rings. The Morgan fingerprint density at radius 3 is 3.03 bits per heavy atom. The molecule has 0 amide bonds. The minimum Gasteiger partial charge on any atom is -0.323 e. The fourth-order valence-electron chi connectivity index (χ4n) is 4.12. The normalized spacial score (nSPS) is 14.9. The summed E-state index contributed by atoms with van der Waals surface area (Å²) in [5.41, 5.74) is 5.85. The number of nitrogens with zero attached hydrogens (tertiary/aromatic N) is 7. The van der Waals surface area contributed by atoms with Gasteiger partial charge in [-0.1, -0.05) is 18.2 Å². The number of hydrogen-bond acceptors (Lipinski definition) is 7. The number of aryl methyl sites for hydroxylation is 1. The maximum Gasteiger partial charge on any atom is 0.291 e. The highest BCUT2D eigenvalue weighted by Gasteiger charge is 2.20. The van der Waals surface area contributed by atoms with Gasteiger partial charge in [0.25, 0.3) is 5.56 Å². The van der Waals surface area contributed by atoms with Crippen LogP contribution in [0.2, 0.25) is 0 Å². The average Bonchev–Trinajstić information content (AvgIpc) is 3.52. The molecule has 148 valence electrons. The largest absolute Gasteiger partial charge is 0.323 e. The van der Waals surface area contributed by atoms with Gasteiger partial charge in [-0.3, -0.25) is 9.79 Å². The summed E-state index contributed by atoms with van der Waals surface area (Å²) in [5.74, 6) is 0. The molecular formula is C21H17N7OS. The van der Waals surface area contributed by atoms with Gasteiger partial charge in [-0.05, 0) is 16.7 Å². The number of aliphatic imine (C=N–C) groups is 1. The first-order valence-electron chi connectivity index (χ1n) is 9.68. The number of fused-ring (bicyclic) bond motifs is 4. The van der Waals surface area contributed by atoms with Crippen LogP contribution in [-0.2, 0) is 26.6 Å². The van der Waals surface area contributed by atoms with E-state index in [0.717, 1.165) is 43.9 Å². The van der Waals surface area contributed by atoms with Crippen molar-refractivity contribution in [3.63, 3.8) is 0 Å². The van der Waals surface area contributed by atoms with Crippen molar-refractivity contribution in [1.29, 1.82) is 0 Å². The van der Waals surface area contributed by atoms with Crippen LogP contribution in [0, 0.1) is 0 Å². The van der Waals surface area contributed by atoms with E-state index in [2.05, 4.69) is 26.4 Å². The Balaban J connectivity index is 1.42. The van der Waals surface area contributed by atoms with Gasteiger partial charge in [0, 0.05) is 30.6 Å². The van der Waals surface area contributed by atoms with Gasteiger partial charge in [0.05, 0.1) is 41.7 Å². The highest BCUT2D eigenvalue weighted by Crippen LogP contribution is 2.32. The second-order valence-electron chi connectivity index (χ2n) is 7.53. The minimum atomic E-state index is -0.106.